The van der Waals surface area contributed by atoms with E-state index in [1.54, 1.807) is 27.7 Å². The standard InChI is InChI=1S/C24H25F2N5O4S/c1-13(2)22(30-23(32)21-18(25)6-5-7-19(21)26)24(33)29-16-8-10-17(11-9-16)36(34,35)31-20-12-14(3)27-15(4)28-20/h5-13,22H,1-4H3,(H,29,33)(H,30,32)(H,27,28,31). The average Bonchev–Trinajstić information content (AvgIpc) is 2.76. The lowest BCUT2D eigenvalue weighted by Gasteiger charge is -2.22. The van der Waals surface area contributed by atoms with Crippen molar-refractivity contribution in [3.8, 4) is 0 Å². The molecule has 0 radical (unpaired) electrons. The zero-order chi connectivity index (χ0) is 26.6. The number of sulfonamides is 1. The zero-order valence-electron chi connectivity index (χ0n) is 20.0. The molecule has 36 heavy (non-hydrogen) atoms. The van der Waals surface area contributed by atoms with Gasteiger partial charge >= 0.3 is 0 Å². The summed E-state index contributed by atoms with van der Waals surface area (Å²) in [6, 6.07) is 8.71. The Labute approximate surface area is 207 Å². The van der Waals surface area contributed by atoms with Crippen LogP contribution in [-0.2, 0) is 14.8 Å². The number of aromatic nitrogens is 2. The van der Waals surface area contributed by atoms with E-state index in [4.69, 9.17) is 0 Å². The molecule has 1 heterocycles. The van der Waals surface area contributed by atoms with Gasteiger partial charge in [0.15, 0.2) is 0 Å². The van der Waals surface area contributed by atoms with E-state index < -0.39 is 51.0 Å². The van der Waals surface area contributed by atoms with Crippen molar-refractivity contribution >= 4 is 33.3 Å². The van der Waals surface area contributed by atoms with Gasteiger partial charge in [0, 0.05) is 17.4 Å². The minimum absolute atomic E-state index is 0.0712. The van der Waals surface area contributed by atoms with Gasteiger partial charge in [-0.15, -0.1) is 0 Å². The molecule has 3 rings (SSSR count). The van der Waals surface area contributed by atoms with E-state index in [0.29, 0.717) is 11.5 Å². The lowest BCUT2D eigenvalue weighted by Crippen LogP contribution is -2.47. The molecule has 0 saturated carbocycles. The lowest BCUT2D eigenvalue weighted by atomic mass is 10.0. The molecule has 3 aromatic rings. The Kier molecular flexibility index (Phi) is 7.98. The van der Waals surface area contributed by atoms with Crippen molar-refractivity contribution in [1.29, 1.82) is 0 Å². The number of carbonyl (C=O) groups excluding carboxylic acids is 2. The van der Waals surface area contributed by atoms with Gasteiger partial charge in [0.1, 0.15) is 34.9 Å². The van der Waals surface area contributed by atoms with Crippen LogP contribution in [0.1, 0.15) is 35.7 Å². The number of anilines is 2. The van der Waals surface area contributed by atoms with E-state index >= 15 is 0 Å². The minimum Gasteiger partial charge on any atom is -0.340 e. The number of nitrogens with zero attached hydrogens (tertiary/aromatic N) is 2. The second-order valence-corrected chi connectivity index (χ2v) is 10.0. The fourth-order valence-corrected chi connectivity index (χ4v) is 4.36. The van der Waals surface area contributed by atoms with Crippen molar-refractivity contribution in [2.45, 2.75) is 38.6 Å². The van der Waals surface area contributed by atoms with Crippen molar-refractivity contribution in [3.63, 3.8) is 0 Å². The quantitative estimate of drug-likeness (QED) is 0.419. The second kappa shape index (κ2) is 10.8. The highest BCUT2D eigenvalue weighted by Crippen LogP contribution is 2.19. The molecule has 2 aromatic carbocycles. The van der Waals surface area contributed by atoms with Gasteiger partial charge in [0.05, 0.1) is 4.90 Å². The number of carbonyl (C=O) groups is 2. The molecule has 3 N–H and O–H groups in total. The third-order valence-corrected chi connectivity index (χ3v) is 6.43. The van der Waals surface area contributed by atoms with Gasteiger partial charge < -0.3 is 10.6 Å². The Hall–Kier alpha value is -3.93. The van der Waals surface area contributed by atoms with E-state index in [2.05, 4.69) is 25.3 Å². The Morgan fingerprint density at radius 3 is 2.11 bits per heavy atom. The summed E-state index contributed by atoms with van der Waals surface area (Å²) in [5, 5.41) is 4.93. The third kappa shape index (κ3) is 6.39. The zero-order valence-corrected chi connectivity index (χ0v) is 20.8. The Bertz CT molecular complexity index is 1360. The number of nitrogens with one attached hydrogen (secondary N) is 3. The molecule has 0 fully saturated rings. The van der Waals surface area contributed by atoms with Crippen LogP contribution in [-0.4, -0.2) is 36.2 Å². The van der Waals surface area contributed by atoms with Gasteiger partial charge in [0.25, 0.3) is 15.9 Å². The summed E-state index contributed by atoms with van der Waals surface area (Å²) in [5.41, 5.74) is 0.0690. The number of halogens is 2. The van der Waals surface area contributed by atoms with Crippen LogP contribution in [0.5, 0.6) is 0 Å². The highest BCUT2D eigenvalue weighted by atomic mass is 32.2. The van der Waals surface area contributed by atoms with Gasteiger partial charge in [-0.2, -0.15) is 0 Å². The molecule has 1 unspecified atom stereocenters. The second-order valence-electron chi connectivity index (χ2n) is 8.35. The molecule has 190 valence electrons. The fraction of sp³-hybridized carbons (Fsp3) is 0.250. The first-order valence-corrected chi connectivity index (χ1v) is 12.4. The Morgan fingerprint density at radius 1 is 0.944 bits per heavy atom. The highest BCUT2D eigenvalue weighted by molar-refractivity contribution is 7.92. The molecule has 1 aromatic heterocycles. The van der Waals surface area contributed by atoms with Crippen molar-refractivity contribution < 1.29 is 26.8 Å². The maximum atomic E-state index is 13.9. The molecule has 0 aliphatic carbocycles. The van der Waals surface area contributed by atoms with Crippen LogP contribution in [0.15, 0.2) is 53.4 Å². The van der Waals surface area contributed by atoms with Crippen LogP contribution in [0.3, 0.4) is 0 Å². The third-order valence-electron chi connectivity index (χ3n) is 5.06. The monoisotopic (exact) mass is 517 g/mol. The molecule has 0 aliphatic rings. The van der Waals surface area contributed by atoms with E-state index in [-0.39, 0.29) is 16.4 Å². The number of rotatable bonds is 8. The number of amides is 2. The number of hydrogen-bond acceptors (Lipinski definition) is 6. The number of benzene rings is 2. The summed E-state index contributed by atoms with van der Waals surface area (Å²) >= 11 is 0. The molecule has 1 atom stereocenters. The number of hydrogen-bond donors (Lipinski definition) is 3. The van der Waals surface area contributed by atoms with Gasteiger partial charge in [-0.05, 0) is 56.2 Å². The van der Waals surface area contributed by atoms with Crippen molar-refractivity contribution in [3.05, 3.63) is 77.2 Å². The molecular formula is C24H25F2N5O4S. The SMILES string of the molecule is Cc1cc(NS(=O)(=O)c2ccc(NC(=O)C(NC(=O)c3c(F)cccc3F)C(C)C)cc2)nc(C)n1. The highest BCUT2D eigenvalue weighted by Gasteiger charge is 2.27. The Balaban J connectivity index is 1.72. The molecule has 2 amide bonds. The molecule has 0 saturated heterocycles. The van der Waals surface area contributed by atoms with Gasteiger partial charge in [-0.25, -0.2) is 27.2 Å². The maximum absolute atomic E-state index is 13.9. The Morgan fingerprint density at radius 2 is 1.56 bits per heavy atom. The van der Waals surface area contributed by atoms with Crippen LogP contribution in [0, 0.1) is 31.4 Å². The average molecular weight is 518 g/mol. The van der Waals surface area contributed by atoms with Crippen LogP contribution < -0.4 is 15.4 Å². The smallest absolute Gasteiger partial charge is 0.263 e. The molecule has 0 aliphatic heterocycles. The number of aryl methyl sites for hydroxylation is 2. The van der Waals surface area contributed by atoms with Crippen LogP contribution in [0.2, 0.25) is 0 Å². The molecule has 12 heteroatoms. The van der Waals surface area contributed by atoms with E-state index in [1.165, 1.54) is 30.3 Å². The van der Waals surface area contributed by atoms with E-state index in [0.717, 1.165) is 18.2 Å². The minimum atomic E-state index is -3.96. The molecular weight excluding hydrogens is 492 g/mol. The van der Waals surface area contributed by atoms with E-state index in [9.17, 15) is 26.8 Å². The lowest BCUT2D eigenvalue weighted by molar-refractivity contribution is -0.118. The molecule has 0 bridgehead atoms. The maximum Gasteiger partial charge on any atom is 0.263 e. The van der Waals surface area contributed by atoms with Crippen LogP contribution >= 0.6 is 0 Å². The fourth-order valence-electron chi connectivity index (χ4n) is 3.37. The summed E-state index contributed by atoms with van der Waals surface area (Å²) in [4.78, 5) is 33.4. The topological polar surface area (TPSA) is 130 Å². The van der Waals surface area contributed by atoms with Crippen molar-refractivity contribution in [1.82, 2.24) is 15.3 Å². The van der Waals surface area contributed by atoms with E-state index in [1.807, 2.05) is 0 Å². The first-order valence-electron chi connectivity index (χ1n) is 10.9. The first-order chi connectivity index (χ1) is 16.9. The summed E-state index contributed by atoms with van der Waals surface area (Å²) in [7, 11) is -3.96. The summed E-state index contributed by atoms with van der Waals surface area (Å²) in [6.07, 6.45) is 0. The first kappa shape index (κ1) is 26.7. The molecule has 9 nitrogen and oxygen atoms in total. The largest absolute Gasteiger partial charge is 0.340 e. The predicted octanol–water partition coefficient (Wildman–Crippen LogP) is 3.57. The normalized spacial score (nSPS) is 12.2. The molecule has 0 spiro atoms. The summed E-state index contributed by atoms with van der Waals surface area (Å²) in [5.74, 6) is -3.69. The van der Waals surface area contributed by atoms with Crippen LogP contribution in [0.25, 0.3) is 0 Å². The summed E-state index contributed by atoms with van der Waals surface area (Å²) in [6.45, 7) is 6.66. The van der Waals surface area contributed by atoms with Crippen molar-refractivity contribution in [2.24, 2.45) is 5.92 Å². The van der Waals surface area contributed by atoms with Gasteiger partial charge in [-0.3, -0.25) is 14.3 Å². The summed E-state index contributed by atoms with van der Waals surface area (Å²) < 4.78 is 55.7. The van der Waals surface area contributed by atoms with Gasteiger partial charge in [-0.1, -0.05) is 19.9 Å². The van der Waals surface area contributed by atoms with Crippen LogP contribution in [0.4, 0.5) is 20.3 Å². The van der Waals surface area contributed by atoms with Crippen molar-refractivity contribution in [2.75, 3.05) is 10.0 Å². The van der Waals surface area contributed by atoms with Gasteiger partial charge in [0.2, 0.25) is 5.91 Å². The predicted molar refractivity (Wildman–Crippen MR) is 130 cm³/mol.